The van der Waals surface area contributed by atoms with Crippen molar-refractivity contribution in [2.75, 3.05) is 11.4 Å². The quantitative estimate of drug-likeness (QED) is 0.636. The normalized spacial score (nSPS) is 22.6. The molecule has 0 bridgehead atoms. The number of aromatic nitrogens is 2. The summed E-state index contributed by atoms with van der Waals surface area (Å²) in [5.74, 6) is -1.46. The van der Waals surface area contributed by atoms with Gasteiger partial charge in [0.25, 0.3) is 11.8 Å². The second-order valence-electron chi connectivity index (χ2n) is 9.92. The lowest BCUT2D eigenvalue weighted by atomic mass is 9.67. The van der Waals surface area contributed by atoms with E-state index >= 15 is 0 Å². The van der Waals surface area contributed by atoms with Crippen LogP contribution in [0.15, 0.2) is 18.5 Å². The predicted molar refractivity (Wildman–Crippen MR) is 131 cm³/mol. The van der Waals surface area contributed by atoms with Crippen molar-refractivity contribution in [2.24, 2.45) is 11.1 Å². The molecule has 1 aromatic carbocycles. The van der Waals surface area contributed by atoms with Gasteiger partial charge < -0.3 is 20.5 Å². The molecule has 2 aromatic rings. The van der Waals surface area contributed by atoms with Crippen molar-refractivity contribution in [3.63, 3.8) is 0 Å². The summed E-state index contributed by atoms with van der Waals surface area (Å²) in [5, 5.41) is 0.230. The lowest BCUT2D eigenvalue weighted by Gasteiger charge is -2.48. The molecule has 0 radical (unpaired) electrons. The predicted octanol–water partition coefficient (Wildman–Crippen LogP) is 4.22. The number of nitrogens with zero attached hydrogens (tertiary/aromatic N) is 3. The van der Waals surface area contributed by atoms with Gasteiger partial charge in [0.2, 0.25) is 5.91 Å². The maximum Gasteiger partial charge on any atom is 0.273 e. The van der Waals surface area contributed by atoms with Crippen molar-refractivity contribution in [3.05, 3.63) is 46.3 Å². The number of aromatic amines is 1. The number of nitrogens with one attached hydrogen (secondary N) is 1. The molecular weight excluding hydrogens is 473 g/mol. The molecule has 35 heavy (non-hydrogen) atoms. The van der Waals surface area contributed by atoms with Crippen LogP contribution in [-0.2, 0) is 4.79 Å². The van der Waals surface area contributed by atoms with Crippen LogP contribution < -0.4 is 10.6 Å². The van der Waals surface area contributed by atoms with Crippen LogP contribution in [0.4, 0.5) is 10.1 Å². The maximum atomic E-state index is 13.9. The molecule has 1 saturated carbocycles. The Kier molecular flexibility index (Phi) is 6.90. The highest BCUT2D eigenvalue weighted by atomic mass is 35.5. The number of benzene rings is 1. The molecule has 8 nitrogen and oxygen atoms in total. The van der Waals surface area contributed by atoms with Gasteiger partial charge in [0.15, 0.2) is 5.69 Å². The molecule has 10 heteroatoms. The van der Waals surface area contributed by atoms with E-state index in [1.165, 1.54) is 12.4 Å². The zero-order valence-corrected chi connectivity index (χ0v) is 21.0. The molecule has 2 aliphatic rings. The second kappa shape index (κ2) is 9.60. The highest BCUT2D eigenvalue weighted by Gasteiger charge is 2.48. The maximum absolute atomic E-state index is 13.9. The van der Waals surface area contributed by atoms with Crippen LogP contribution >= 0.6 is 11.6 Å². The highest BCUT2D eigenvalue weighted by Crippen LogP contribution is 2.47. The molecule has 1 saturated heterocycles. The van der Waals surface area contributed by atoms with Crippen LogP contribution in [0.25, 0.3) is 0 Å². The number of piperidine rings is 1. The molecule has 3 N–H and O–H groups in total. The zero-order chi connectivity index (χ0) is 25.5. The first-order valence-electron chi connectivity index (χ1n) is 12.0. The lowest BCUT2D eigenvalue weighted by Crippen LogP contribution is -2.54. The number of imidazole rings is 1. The SMILES string of the molecule is Cc1cc(N2CCCC3(CCC(N(C(=O)c4[nH]cnc4C(N)=O)C(C)C)CC3)C2=O)c(Cl)cc1F. The standard InChI is InChI=1S/C25H31ClFN5O3/c1-14(2)32(23(34)21-20(22(28)33)29-13-30-21)16-5-8-25(9-6-16)7-4-10-31(24(25)35)19-11-15(3)18(27)12-17(19)26/h11-14,16H,4-10H2,1-3H3,(H2,28,33)(H,29,30). The molecule has 188 valence electrons. The fourth-order valence-corrected chi connectivity index (χ4v) is 5.89. The summed E-state index contributed by atoms with van der Waals surface area (Å²) in [6, 6.07) is 2.70. The van der Waals surface area contributed by atoms with Crippen LogP contribution in [0.1, 0.15) is 78.9 Å². The first kappa shape index (κ1) is 25.2. The van der Waals surface area contributed by atoms with E-state index in [9.17, 15) is 18.8 Å². The average molecular weight is 504 g/mol. The number of amides is 3. The third kappa shape index (κ3) is 4.53. The summed E-state index contributed by atoms with van der Waals surface area (Å²) in [5.41, 5.74) is 5.87. The monoisotopic (exact) mass is 503 g/mol. The van der Waals surface area contributed by atoms with E-state index in [1.54, 1.807) is 22.8 Å². The van der Waals surface area contributed by atoms with E-state index in [-0.39, 0.29) is 40.3 Å². The van der Waals surface area contributed by atoms with Gasteiger partial charge in [-0.15, -0.1) is 0 Å². The van der Waals surface area contributed by atoms with Crippen LogP contribution in [0, 0.1) is 18.2 Å². The Labute approximate surface area is 209 Å². The minimum absolute atomic E-state index is 0.0158. The van der Waals surface area contributed by atoms with E-state index in [2.05, 4.69) is 9.97 Å². The van der Waals surface area contributed by atoms with Gasteiger partial charge in [-0.2, -0.15) is 0 Å². The van der Waals surface area contributed by atoms with E-state index in [0.717, 1.165) is 12.8 Å². The topological polar surface area (TPSA) is 112 Å². The van der Waals surface area contributed by atoms with Gasteiger partial charge >= 0.3 is 0 Å². The van der Waals surface area contributed by atoms with Gasteiger partial charge in [-0.05, 0) is 77.0 Å². The van der Waals surface area contributed by atoms with Crippen molar-refractivity contribution in [1.82, 2.24) is 14.9 Å². The molecule has 2 fully saturated rings. The summed E-state index contributed by atoms with van der Waals surface area (Å²) in [7, 11) is 0. The third-order valence-corrected chi connectivity index (χ3v) is 7.74. The van der Waals surface area contributed by atoms with Crippen molar-refractivity contribution in [1.29, 1.82) is 0 Å². The summed E-state index contributed by atoms with van der Waals surface area (Å²) in [4.78, 5) is 48.9. The fourth-order valence-electron chi connectivity index (χ4n) is 5.64. The summed E-state index contributed by atoms with van der Waals surface area (Å²) in [6.45, 7) is 6.05. The van der Waals surface area contributed by atoms with Crippen LogP contribution in [0.3, 0.4) is 0 Å². The van der Waals surface area contributed by atoms with Crippen LogP contribution in [0.5, 0.6) is 0 Å². The second-order valence-corrected chi connectivity index (χ2v) is 10.3. The van der Waals surface area contributed by atoms with Gasteiger partial charge in [-0.3, -0.25) is 14.4 Å². The van der Waals surface area contributed by atoms with Gasteiger partial charge in [0.1, 0.15) is 11.5 Å². The Morgan fingerprint density at radius 1 is 1.29 bits per heavy atom. The minimum Gasteiger partial charge on any atom is -0.364 e. The molecular formula is C25H31ClFN5O3. The minimum atomic E-state index is -0.761. The van der Waals surface area contributed by atoms with E-state index in [0.29, 0.717) is 43.5 Å². The van der Waals surface area contributed by atoms with Gasteiger partial charge in [0, 0.05) is 24.0 Å². The van der Waals surface area contributed by atoms with Crippen molar-refractivity contribution in [2.45, 2.75) is 71.4 Å². The average Bonchev–Trinajstić information content (AvgIpc) is 3.30. The van der Waals surface area contributed by atoms with E-state index in [1.807, 2.05) is 13.8 Å². The molecule has 4 rings (SSSR count). The first-order chi connectivity index (χ1) is 16.6. The van der Waals surface area contributed by atoms with Crippen LogP contribution in [0.2, 0.25) is 5.02 Å². The smallest absolute Gasteiger partial charge is 0.273 e. The first-order valence-corrected chi connectivity index (χ1v) is 12.4. The Morgan fingerprint density at radius 2 is 1.97 bits per heavy atom. The molecule has 1 spiro atoms. The number of primary amides is 1. The number of hydrogen-bond donors (Lipinski definition) is 2. The highest BCUT2D eigenvalue weighted by molar-refractivity contribution is 6.34. The number of hydrogen-bond acceptors (Lipinski definition) is 4. The number of anilines is 1. The molecule has 1 aromatic heterocycles. The summed E-state index contributed by atoms with van der Waals surface area (Å²) < 4.78 is 13.9. The summed E-state index contributed by atoms with van der Waals surface area (Å²) >= 11 is 6.33. The van der Waals surface area contributed by atoms with Crippen molar-refractivity contribution in [3.8, 4) is 0 Å². The summed E-state index contributed by atoms with van der Waals surface area (Å²) in [6.07, 6.45) is 5.46. The van der Waals surface area contributed by atoms with Crippen LogP contribution in [-0.4, -0.2) is 51.2 Å². The molecule has 0 atom stereocenters. The number of halogens is 2. The lowest BCUT2D eigenvalue weighted by molar-refractivity contribution is -0.133. The Bertz CT molecular complexity index is 1160. The van der Waals surface area contributed by atoms with Gasteiger partial charge in [-0.25, -0.2) is 9.37 Å². The molecule has 2 heterocycles. The fraction of sp³-hybridized carbons (Fsp3) is 0.520. The number of nitrogens with two attached hydrogens (primary N) is 1. The number of rotatable bonds is 5. The number of carbonyl (C=O) groups is 3. The number of H-pyrrole nitrogens is 1. The Morgan fingerprint density at radius 3 is 2.60 bits per heavy atom. The molecule has 3 amide bonds. The van der Waals surface area contributed by atoms with Gasteiger partial charge in [-0.1, -0.05) is 11.6 Å². The van der Waals surface area contributed by atoms with Gasteiger partial charge in [0.05, 0.1) is 17.0 Å². The molecule has 1 aliphatic heterocycles. The third-order valence-electron chi connectivity index (χ3n) is 7.44. The van der Waals surface area contributed by atoms with E-state index < -0.39 is 17.1 Å². The number of aryl methyl sites for hydroxylation is 1. The molecule has 1 aliphatic carbocycles. The number of carbonyl (C=O) groups excluding carboxylic acids is 3. The Balaban J connectivity index is 1.54. The largest absolute Gasteiger partial charge is 0.364 e. The van der Waals surface area contributed by atoms with Crippen molar-refractivity contribution < 1.29 is 18.8 Å². The zero-order valence-electron chi connectivity index (χ0n) is 20.2. The Hall–Kier alpha value is -2.94. The van der Waals surface area contributed by atoms with Crippen molar-refractivity contribution >= 4 is 35.0 Å². The van der Waals surface area contributed by atoms with E-state index in [4.69, 9.17) is 17.3 Å². The molecule has 0 unspecified atom stereocenters.